The second kappa shape index (κ2) is 11.4. The maximum absolute atomic E-state index is 14.7. The molecule has 6 heteroatoms. The van der Waals surface area contributed by atoms with Crippen LogP contribution in [-0.2, 0) is 0 Å². The highest BCUT2D eigenvalue weighted by Crippen LogP contribution is 2.78. The van der Waals surface area contributed by atoms with Crippen molar-refractivity contribution in [2.24, 2.45) is 33.5 Å². The number of amides is 1. The number of allylic oxidation sites excluding steroid dienone is 4. The van der Waals surface area contributed by atoms with Gasteiger partial charge in [0.15, 0.2) is 5.78 Å². The van der Waals surface area contributed by atoms with E-state index in [2.05, 4.69) is 32.1 Å². The van der Waals surface area contributed by atoms with Crippen LogP contribution in [0.3, 0.4) is 0 Å². The van der Waals surface area contributed by atoms with Crippen molar-refractivity contribution in [3.05, 3.63) is 102 Å². The molecule has 0 saturated heterocycles. The Morgan fingerprint density at radius 3 is 2.33 bits per heavy atom. The molecule has 3 saturated carbocycles. The van der Waals surface area contributed by atoms with Crippen LogP contribution in [0, 0.1) is 33.5 Å². The molecule has 0 aromatic heterocycles. The Hall–Kier alpha value is -3.74. The van der Waals surface area contributed by atoms with Crippen LogP contribution in [0.15, 0.2) is 96.6 Å². The van der Waals surface area contributed by atoms with Gasteiger partial charge in [0.1, 0.15) is 5.75 Å². The fraction of sp³-hybridized carbons (Fsp3) is 0.488. The predicted octanol–water partition coefficient (Wildman–Crippen LogP) is 8.52. The van der Waals surface area contributed by atoms with E-state index in [1.54, 1.807) is 4.90 Å². The molecule has 3 aromatic carbocycles. The number of hydrogen-bond donors (Lipinski definition) is 2. The van der Waals surface area contributed by atoms with Crippen molar-refractivity contribution in [1.82, 2.24) is 4.90 Å². The first-order valence-electron chi connectivity index (χ1n) is 18.4. The van der Waals surface area contributed by atoms with Gasteiger partial charge in [0, 0.05) is 33.9 Å². The van der Waals surface area contributed by atoms with Crippen molar-refractivity contribution in [2.75, 3.05) is 13.1 Å². The van der Waals surface area contributed by atoms with Crippen molar-refractivity contribution in [1.29, 1.82) is 0 Å². The van der Waals surface area contributed by atoms with Crippen molar-refractivity contribution in [3.63, 3.8) is 0 Å². The van der Waals surface area contributed by atoms with Crippen LogP contribution in [0.25, 0.3) is 10.8 Å². The van der Waals surface area contributed by atoms with Gasteiger partial charge in [-0.1, -0.05) is 99.7 Å². The Balaban J connectivity index is 1.15. The average molecular weight is 660 g/mol. The first kappa shape index (κ1) is 32.5. The fourth-order valence-corrected chi connectivity index (χ4v) is 11.6. The van der Waals surface area contributed by atoms with Crippen LogP contribution < -0.4 is 4.74 Å². The molecule has 3 aromatic rings. The molecule has 6 aliphatic carbocycles. The number of benzene rings is 3. The molecule has 9 rings (SSSR count). The summed E-state index contributed by atoms with van der Waals surface area (Å²) >= 11 is 0. The maximum Gasteiger partial charge on any atom is 0.415 e. The van der Waals surface area contributed by atoms with E-state index in [-0.39, 0.29) is 35.0 Å². The number of aliphatic hydroxyl groups is 2. The van der Waals surface area contributed by atoms with Crippen molar-refractivity contribution >= 4 is 22.6 Å². The average Bonchev–Trinajstić information content (AvgIpc) is 3.37. The molecular formula is C43H49NO5. The Labute approximate surface area is 289 Å². The number of hydrogen-bond acceptors (Lipinski definition) is 5. The number of ketones is 1. The Morgan fingerprint density at radius 2 is 1.55 bits per heavy atom. The van der Waals surface area contributed by atoms with E-state index < -0.39 is 28.6 Å². The first-order valence-corrected chi connectivity index (χ1v) is 18.4. The molecule has 0 aliphatic heterocycles. The van der Waals surface area contributed by atoms with Crippen LogP contribution in [0.4, 0.5) is 4.79 Å². The lowest BCUT2D eigenvalue weighted by atomic mass is 9.32. The molecule has 49 heavy (non-hydrogen) atoms. The summed E-state index contributed by atoms with van der Waals surface area (Å²) in [7, 11) is 0. The monoisotopic (exact) mass is 659 g/mol. The standard InChI is InChI=1S/C43H49NO5/c1-4-24-44(38(47)49-33-15-14-29-10-8-9-13-31(29)25-33)28-42(48)21-18-36-40(42,3)20-17-35-39(2)19-16-32(45)26-41(39)22-23-43(35,36)34(27-41)37(46)30-11-6-5-7-12-30/h5-15,22-23,25,27,32,35-36,45,48H,4,16-21,24,26,28H2,1-3H3/t32?,35-,36-,39-,40+,41+,42-,43-/m1/s1. The van der Waals surface area contributed by atoms with Gasteiger partial charge in [-0.05, 0) is 91.5 Å². The minimum Gasteiger partial charge on any atom is -0.410 e. The molecular weight excluding hydrogens is 610 g/mol. The second-order valence-corrected chi connectivity index (χ2v) is 16.3. The highest BCUT2D eigenvalue weighted by atomic mass is 16.6. The van der Waals surface area contributed by atoms with Gasteiger partial charge in [-0.15, -0.1) is 0 Å². The molecule has 0 radical (unpaired) electrons. The molecule has 8 atom stereocenters. The lowest BCUT2D eigenvalue weighted by Gasteiger charge is -2.71. The van der Waals surface area contributed by atoms with Gasteiger partial charge in [-0.2, -0.15) is 0 Å². The topological polar surface area (TPSA) is 87.1 Å². The van der Waals surface area contributed by atoms with E-state index in [0.717, 1.165) is 54.9 Å². The molecule has 1 amide bonds. The van der Waals surface area contributed by atoms with Crippen LogP contribution >= 0.6 is 0 Å². The van der Waals surface area contributed by atoms with Crippen molar-refractivity contribution < 1.29 is 24.5 Å². The van der Waals surface area contributed by atoms with Crippen molar-refractivity contribution in [3.8, 4) is 5.75 Å². The van der Waals surface area contributed by atoms with Crippen molar-refractivity contribution in [2.45, 2.75) is 83.8 Å². The maximum atomic E-state index is 14.7. The number of Topliss-reactive ketones (excluding diaryl/α,β-unsaturated/α-hetero) is 1. The van der Waals surface area contributed by atoms with Gasteiger partial charge in [0.25, 0.3) is 0 Å². The van der Waals surface area contributed by atoms with Crippen LogP contribution in [0.2, 0.25) is 0 Å². The molecule has 3 fully saturated rings. The highest BCUT2D eigenvalue weighted by molar-refractivity contribution is 6.10. The normalized spacial score (nSPS) is 37.2. The van der Waals surface area contributed by atoms with E-state index in [4.69, 9.17) is 4.74 Å². The van der Waals surface area contributed by atoms with Crippen LogP contribution in [0.5, 0.6) is 5.75 Å². The van der Waals surface area contributed by atoms with Crippen LogP contribution in [0.1, 0.15) is 82.5 Å². The molecule has 2 N–H and O–H groups in total. The first-order chi connectivity index (χ1) is 23.5. The lowest BCUT2D eigenvalue weighted by molar-refractivity contribution is -0.175. The highest BCUT2D eigenvalue weighted by Gasteiger charge is 2.74. The minimum absolute atomic E-state index is 0.0147. The lowest BCUT2D eigenvalue weighted by Crippen LogP contribution is -2.67. The molecule has 6 nitrogen and oxygen atoms in total. The molecule has 0 heterocycles. The molecule has 256 valence electrons. The molecule has 1 unspecified atom stereocenters. The molecule has 2 spiro atoms. The van der Waals surface area contributed by atoms with Gasteiger partial charge in [-0.25, -0.2) is 4.79 Å². The van der Waals surface area contributed by atoms with E-state index >= 15 is 0 Å². The Bertz CT molecular complexity index is 1870. The van der Waals surface area contributed by atoms with Gasteiger partial charge in [-0.3, -0.25) is 4.79 Å². The third-order valence-electron chi connectivity index (χ3n) is 14.1. The number of carbonyl (C=O) groups is 2. The van der Waals surface area contributed by atoms with Gasteiger partial charge in [0.05, 0.1) is 18.2 Å². The zero-order valence-corrected chi connectivity index (χ0v) is 29.0. The minimum atomic E-state index is -1.15. The third-order valence-corrected chi connectivity index (χ3v) is 14.1. The van der Waals surface area contributed by atoms with E-state index in [1.165, 1.54) is 0 Å². The number of aliphatic hydroxyl groups excluding tert-OH is 1. The smallest absolute Gasteiger partial charge is 0.410 e. The second-order valence-electron chi connectivity index (χ2n) is 16.3. The van der Waals surface area contributed by atoms with E-state index in [1.807, 2.05) is 79.7 Å². The third kappa shape index (κ3) is 4.59. The summed E-state index contributed by atoms with van der Waals surface area (Å²) in [6.07, 6.45) is 12.2. The summed E-state index contributed by atoms with van der Waals surface area (Å²) in [6.45, 7) is 7.32. The SMILES string of the molecule is CCCN(C[C@]1(O)CC[C@H]2[C@]34C=C[C@@]5(C=C3C(=O)c3ccccc3)CC(O)CC[C@]5(C)[C@H]4CC[C@@]21C)C(=O)Oc1ccc2ccccc2c1. The zero-order chi connectivity index (χ0) is 34.2. The number of nitrogens with zero attached hydrogens (tertiary/aromatic N) is 1. The number of ether oxygens (including phenoxy) is 1. The summed E-state index contributed by atoms with van der Waals surface area (Å²) in [5.74, 6) is 0.781. The fourth-order valence-electron chi connectivity index (χ4n) is 11.6. The quantitative estimate of drug-likeness (QED) is 0.196. The zero-order valence-electron chi connectivity index (χ0n) is 29.0. The Morgan fingerprint density at radius 1 is 0.857 bits per heavy atom. The number of fused-ring (bicyclic) bond motifs is 2. The summed E-state index contributed by atoms with van der Waals surface area (Å²) in [5.41, 5.74) is -1.17. The summed E-state index contributed by atoms with van der Waals surface area (Å²) in [6, 6.07) is 23.3. The summed E-state index contributed by atoms with van der Waals surface area (Å²) < 4.78 is 5.96. The number of rotatable bonds is 7. The predicted molar refractivity (Wildman–Crippen MR) is 191 cm³/mol. The molecule has 6 aliphatic rings. The van der Waals surface area contributed by atoms with Crippen LogP contribution in [-0.4, -0.2) is 51.8 Å². The van der Waals surface area contributed by atoms with E-state index in [0.29, 0.717) is 30.7 Å². The van der Waals surface area contributed by atoms with Gasteiger partial charge >= 0.3 is 6.09 Å². The number of carbonyl (C=O) groups excluding carboxylic acids is 2. The van der Waals surface area contributed by atoms with Gasteiger partial charge in [0.2, 0.25) is 0 Å². The largest absolute Gasteiger partial charge is 0.415 e. The van der Waals surface area contributed by atoms with E-state index in [9.17, 15) is 19.8 Å². The summed E-state index contributed by atoms with van der Waals surface area (Å²) in [5, 5.41) is 25.9. The summed E-state index contributed by atoms with van der Waals surface area (Å²) in [4.78, 5) is 30.2. The molecule has 2 bridgehead atoms. The van der Waals surface area contributed by atoms with Gasteiger partial charge < -0.3 is 19.8 Å². The Kier molecular flexibility index (Phi) is 7.55.